The zero-order chi connectivity index (χ0) is 17.8. The Morgan fingerprint density at radius 2 is 1.84 bits per heavy atom. The van der Waals surface area contributed by atoms with Gasteiger partial charge >= 0.3 is 0 Å². The van der Waals surface area contributed by atoms with Gasteiger partial charge in [0.1, 0.15) is 5.69 Å². The van der Waals surface area contributed by atoms with Crippen molar-refractivity contribution in [2.24, 2.45) is 0 Å². The largest absolute Gasteiger partial charge is 0.494 e. The number of hydrogen-bond donors (Lipinski definition) is 0. The minimum absolute atomic E-state index is 0.00639. The van der Waals surface area contributed by atoms with E-state index in [1.165, 1.54) is 13.2 Å². The van der Waals surface area contributed by atoms with Crippen molar-refractivity contribution in [3.63, 3.8) is 0 Å². The van der Waals surface area contributed by atoms with Crippen molar-refractivity contribution in [2.75, 3.05) is 43.1 Å². The first-order valence-corrected chi connectivity index (χ1v) is 7.89. The van der Waals surface area contributed by atoms with Gasteiger partial charge in [0.05, 0.1) is 18.1 Å². The first kappa shape index (κ1) is 16.9. The Morgan fingerprint density at radius 3 is 2.52 bits per heavy atom. The molecule has 0 saturated carbocycles. The molecular formula is C16H18FN5O3. The number of aromatic nitrogens is 2. The summed E-state index contributed by atoms with van der Waals surface area (Å²) >= 11 is 0. The van der Waals surface area contributed by atoms with E-state index in [-0.39, 0.29) is 11.4 Å². The molecule has 8 nitrogen and oxygen atoms in total. The molecule has 1 fully saturated rings. The smallest absolute Gasteiger partial charge is 0.295 e. The highest BCUT2D eigenvalue weighted by Crippen LogP contribution is 2.35. The maximum absolute atomic E-state index is 13.8. The fraction of sp³-hybridized carbons (Fsp3) is 0.375. The molecule has 0 amide bonds. The number of nitro groups is 1. The standard InChI is InChI=1S/C16H18FN5O3/c1-25-15-11-13(14(22(23)24)10-12(15)17)20-6-3-7-21(9-8-20)16-18-4-2-5-19-16/h2,4-5,10-11H,3,6-9H2,1H3. The molecule has 3 rings (SSSR count). The molecule has 1 aliphatic heterocycles. The van der Waals surface area contributed by atoms with Crippen LogP contribution in [-0.4, -0.2) is 48.2 Å². The van der Waals surface area contributed by atoms with Crippen molar-refractivity contribution in [3.8, 4) is 5.75 Å². The molecule has 9 heteroatoms. The molecule has 0 bridgehead atoms. The lowest BCUT2D eigenvalue weighted by atomic mass is 10.2. The van der Waals surface area contributed by atoms with Crippen LogP contribution in [0, 0.1) is 15.9 Å². The summed E-state index contributed by atoms with van der Waals surface area (Å²) in [6.07, 6.45) is 4.14. The third kappa shape index (κ3) is 3.59. The third-order valence-electron chi connectivity index (χ3n) is 4.12. The predicted octanol–water partition coefficient (Wildman–Crippen LogP) is 2.25. The van der Waals surface area contributed by atoms with Crippen LogP contribution in [0.5, 0.6) is 5.75 Å². The van der Waals surface area contributed by atoms with E-state index in [2.05, 4.69) is 9.97 Å². The molecule has 0 atom stereocenters. The van der Waals surface area contributed by atoms with Crippen LogP contribution in [0.15, 0.2) is 30.6 Å². The summed E-state index contributed by atoms with van der Waals surface area (Å²) < 4.78 is 18.8. The Morgan fingerprint density at radius 1 is 1.16 bits per heavy atom. The van der Waals surface area contributed by atoms with E-state index in [9.17, 15) is 14.5 Å². The lowest BCUT2D eigenvalue weighted by Gasteiger charge is -2.24. The average Bonchev–Trinajstić information content (AvgIpc) is 2.88. The number of nitrogens with zero attached hydrogens (tertiary/aromatic N) is 5. The van der Waals surface area contributed by atoms with Crippen LogP contribution in [-0.2, 0) is 0 Å². The SMILES string of the molecule is COc1cc(N2CCCN(c3ncccn3)CC2)c([N+](=O)[O-])cc1F. The van der Waals surface area contributed by atoms with Gasteiger partial charge in [0.2, 0.25) is 5.95 Å². The number of halogens is 1. The Balaban J connectivity index is 1.86. The van der Waals surface area contributed by atoms with Crippen LogP contribution in [0.25, 0.3) is 0 Å². The van der Waals surface area contributed by atoms with Crippen molar-refractivity contribution in [3.05, 3.63) is 46.5 Å². The van der Waals surface area contributed by atoms with Gasteiger partial charge in [-0.3, -0.25) is 10.1 Å². The van der Waals surface area contributed by atoms with Crippen molar-refractivity contribution in [1.29, 1.82) is 0 Å². The second-order valence-electron chi connectivity index (χ2n) is 5.61. The molecular weight excluding hydrogens is 329 g/mol. The monoisotopic (exact) mass is 347 g/mol. The maximum atomic E-state index is 13.8. The molecule has 2 heterocycles. The summed E-state index contributed by atoms with van der Waals surface area (Å²) in [6.45, 7) is 2.50. The topological polar surface area (TPSA) is 84.6 Å². The zero-order valence-corrected chi connectivity index (χ0v) is 13.8. The van der Waals surface area contributed by atoms with Crippen LogP contribution in [0.2, 0.25) is 0 Å². The second-order valence-corrected chi connectivity index (χ2v) is 5.61. The number of hydrogen-bond acceptors (Lipinski definition) is 7. The van der Waals surface area contributed by atoms with E-state index in [4.69, 9.17) is 4.74 Å². The van der Waals surface area contributed by atoms with Gasteiger partial charge in [-0.05, 0) is 12.5 Å². The first-order chi connectivity index (χ1) is 12.1. The van der Waals surface area contributed by atoms with E-state index in [1.807, 2.05) is 9.80 Å². The van der Waals surface area contributed by atoms with E-state index < -0.39 is 10.7 Å². The quantitative estimate of drug-likeness (QED) is 0.619. The van der Waals surface area contributed by atoms with Gasteiger partial charge in [-0.1, -0.05) is 0 Å². The molecule has 1 aromatic carbocycles. The lowest BCUT2D eigenvalue weighted by Crippen LogP contribution is -2.32. The molecule has 132 valence electrons. The minimum Gasteiger partial charge on any atom is -0.494 e. The Kier molecular flexibility index (Phi) is 4.92. The Hall–Kier alpha value is -2.97. The summed E-state index contributed by atoms with van der Waals surface area (Å²) in [7, 11) is 1.34. The van der Waals surface area contributed by atoms with E-state index >= 15 is 0 Å². The summed E-state index contributed by atoms with van der Waals surface area (Å²) in [4.78, 5) is 23.2. The lowest BCUT2D eigenvalue weighted by molar-refractivity contribution is -0.384. The third-order valence-corrected chi connectivity index (χ3v) is 4.12. The molecule has 2 aromatic rings. The van der Waals surface area contributed by atoms with Gasteiger partial charge in [0.15, 0.2) is 11.6 Å². The Bertz CT molecular complexity index is 759. The van der Waals surface area contributed by atoms with Crippen LogP contribution < -0.4 is 14.5 Å². The summed E-state index contributed by atoms with van der Waals surface area (Å²) in [5.74, 6) is -0.115. The van der Waals surface area contributed by atoms with Gasteiger partial charge in [0.25, 0.3) is 5.69 Å². The zero-order valence-electron chi connectivity index (χ0n) is 13.8. The van der Waals surface area contributed by atoms with E-state index in [0.717, 1.165) is 19.0 Å². The van der Waals surface area contributed by atoms with Crippen molar-refractivity contribution < 1.29 is 14.1 Å². The fourth-order valence-electron chi connectivity index (χ4n) is 2.90. The number of rotatable bonds is 4. The van der Waals surface area contributed by atoms with Gasteiger partial charge in [-0.25, -0.2) is 14.4 Å². The molecule has 1 aliphatic rings. The highest BCUT2D eigenvalue weighted by molar-refractivity contribution is 5.66. The maximum Gasteiger partial charge on any atom is 0.295 e. The van der Waals surface area contributed by atoms with E-state index in [0.29, 0.717) is 31.3 Å². The molecule has 1 aromatic heterocycles. The number of benzene rings is 1. The summed E-state index contributed by atoms with van der Waals surface area (Å²) in [5, 5.41) is 11.3. The van der Waals surface area contributed by atoms with Crippen molar-refractivity contribution in [2.45, 2.75) is 6.42 Å². The minimum atomic E-state index is -0.743. The molecule has 0 aliphatic carbocycles. The van der Waals surface area contributed by atoms with Gasteiger partial charge < -0.3 is 14.5 Å². The number of ether oxygens (including phenoxy) is 1. The number of nitro benzene ring substituents is 1. The van der Waals surface area contributed by atoms with Gasteiger partial charge in [-0.2, -0.15) is 0 Å². The van der Waals surface area contributed by atoms with Crippen LogP contribution in [0.3, 0.4) is 0 Å². The number of anilines is 2. The average molecular weight is 347 g/mol. The molecule has 1 saturated heterocycles. The van der Waals surface area contributed by atoms with Crippen LogP contribution >= 0.6 is 0 Å². The fourth-order valence-corrected chi connectivity index (χ4v) is 2.90. The molecule has 0 N–H and O–H groups in total. The van der Waals surface area contributed by atoms with Gasteiger partial charge in [0, 0.05) is 44.6 Å². The first-order valence-electron chi connectivity index (χ1n) is 7.89. The predicted molar refractivity (Wildman–Crippen MR) is 90.7 cm³/mol. The van der Waals surface area contributed by atoms with E-state index in [1.54, 1.807) is 18.5 Å². The van der Waals surface area contributed by atoms with Crippen LogP contribution in [0.1, 0.15) is 6.42 Å². The highest BCUT2D eigenvalue weighted by atomic mass is 19.1. The molecule has 0 spiro atoms. The van der Waals surface area contributed by atoms with Crippen LogP contribution in [0.4, 0.5) is 21.7 Å². The second kappa shape index (κ2) is 7.29. The summed E-state index contributed by atoms with van der Waals surface area (Å²) in [6, 6.07) is 4.06. The molecule has 0 radical (unpaired) electrons. The highest BCUT2D eigenvalue weighted by Gasteiger charge is 2.25. The number of methoxy groups -OCH3 is 1. The molecule has 0 unspecified atom stereocenters. The Labute approximate surface area is 144 Å². The summed E-state index contributed by atoms with van der Waals surface area (Å²) in [5.41, 5.74) is 0.0989. The normalized spacial score (nSPS) is 15.0. The van der Waals surface area contributed by atoms with Crippen molar-refractivity contribution >= 4 is 17.3 Å². The van der Waals surface area contributed by atoms with Gasteiger partial charge in [-0.15, -0.1) is 0 Å². The van der Waals surface area contributed by atoms with Crippen molar-refractivity contribution in [1.82, 2.24) is 9.97 Å². The molecule has 25 heavy (non-hydrogen) atoms.